The molecule has 2 aliphatic carbocycles. The van der Waals surface area contributed by atoms with Gasteiger partial charge in [0.2, 0.25) is 0 Å². The summed E-state index contributed by atoms with van der Waals surface area (Å²) in [5, 5.41) is 8.77. The molecule has 2 fully saturated rings. The zero-order valence-electron chi connectivity index (χ0n) is 8.92. The Morgan fingerprint density at radius 3 is 2.79 bits per heavy atom. The minimum atomic E-state index is -0.687. The van der Waals surface area contributed by atoms with Crippen LogP contribution in [-0.4, -0.2) is 11.1 Å². The second-order valence-electron chi connectivity index (χ2n) is 5.43. The van der Waals surface area contributed by atoms with Crippen molar-refractivity contribution in [2.24, 2.45) is 23.2 Å². The molecule has 78 valence electrons. The van der Waals surface area contributed by atoms with Crippen LogP contribution in [0.25, 0.3) is 0 Å². The van der Waals surface area contributed by atoms with Gasteiger partial charge in [-0.2, -0.15) is 0 Å². The summed E-state index contributed by atoms with van der Waals surface area (Å²) in [5.74, 6) is 1.07. The van der Waals surface area contributed by atoms with Crippen LogP contribution < -0.4 is 0 Å². The van der Waals surface area contributed by atoms with Crippen LogP contribution in [0.4, 0.5) is 0 Å². The van der Waals surface area contributed by atoms with Crippen molar-refractivity contribution < 1.29 is 9.90 Å². The molecule has 2 rings (SSSR count). The first-order valence-electron chi connectivity index (χ1n) is 5.32. The molecule has 0 heterocycles. The molecular weight excluding hydrogens is 176 g/mol. The van der Waals surface area contributed by atoms with E-state index in [0.29, 0.717) is 5.41 Å². The third-order valence-electron chi connectivity index (χ3n) is 4.31. The standard InChI is InChI=1S/C12H18O2/c1-7-4-9-10(12(9,2)3)5-8(7)6-11(13)14/h8-10H,1,4-6H2,2-3H3,(H,13,14)/t8-,9-,10+/m0/s1. The fourth-order valence-electron chi connectivity index (χ4n) is 3.09. The molecule has 0 saturated heterocycles. The summed E-state index contributed by atoms with van der Waals surface area (Å²) in [6.07, 6.45) is 2.37. The highest BCUT2D eigenvalue weighted by atomic mass is 16.4. The van der Waals surface area contributed by atoms with E-state index in [4.69, 9.17) is 5.11 Å². The molecule has 2 heteroatoms. The van der Waals surface area contributed by atoms with Crippen molar-refractivity contribution in [2.75, 3.05) is 0 Å². The van der Waals surface area contributed by atoms with Gasteiger partial charge in [-0.05, 0) is 36.0 Å². The van der Waals surface area contributed by atoms with E-state index >= 15 is 0 Å². The molecule has 0 amide bonds. The first kappa shape index (κ1) is 9.75. The first-order valence-corrected chi connectivity index (χ1v) is 5.32. The van der Waals surface area contributed by atoms with Crippen LogP contribution in [0.15, 0.2) is 12.2 Å². The lowest BCUT2D eigenvalue weighted by atomic mass is 9.83. The Bertz CT molecular complexity index is 291. The van der Waals surface area contributed by atoms with Gasteiger partial charge < -0.3 is 5.11 Å². The van der Waals surface area contributed by atoms with Crippen molar-refractivity contribution in [1.29, 1.82) is 0 Å². The highest BCUT2D eigenvalue weighted by Gasteiger charge is 2.59. The molecule has 0 unspecified atom stereocenters. The van der Waals surface area contributed by atoms with Crippen LogP contribution in [-0.2, 0) is 4.79 Å². The van der Waals surface area contributed by atoms with E-state index in [1.54, 1.807) is 0 Å². The lowest BCUT2D eigenvalue weighted by Crippen LogP contribution is -2.15. The summed E-state index contributed by atoms with van der Waals surface area (Å²) < 4.78 is 0. The summed E-state index contributed by atoms with van der Waals surface area (Å²) in [6, 6.07) is 0. The van der Waals surface area contributed by atoms with Gasteiger partial charge in [0.25, 0.3) is 0 Å². The molecule has 2 aliphatic rings. The van der Waals surface area contributed by atoms with E-state index in [0.717, 1.165) is 24.7 Å². The Morgan fingerprint density at radius 2 is 2.21 bits per heavy atom. The normalized spacial score (nSPS) is 39.0. The zero-order chi connectivity index (χ0) is 10.5. The minimum Gasteiger partial charge on any atom is -0.481 e. The average molecular weight is 194 g/mol. The maximum Gasteiger partial charge on any atom is 0.303 e. The number of carboxylic acid groups (broad SMARTS) is 1. The zero-order valence-corrected chi connectivity index (χ0v) is 8.92. The van der Waals surface area contributed by atoms with Gasteiger partial charge in [0, 0.05) is 0 Å². The highest BCUT2D eigenvalue weighted by Crippen LogP contribution is 2.66. The van der Waals surface area contributed by atoms with Crippen molar-refractivity contribution in [3.63, 3.8) is 0 Å². The number of hydrogen-bond donors (Lipinski definition) is 1. The Hall–Kier alpha value is -0.790. The van der Waals surface area contributed by atoms with Gasteiger partial charge in [0.05, 0.1) is 6.42 Å². The lowest BCUT2D eigenvalue weighted by molar-refractivity contribution is -0.138. The number of rotatable bonds is 2. The Morgan fingerprint density at radius 1 is 1.57 bits per heavy atom. The van der Waals surface area contributed by atoms with Crippen LogP contribution in [0.3, 0.4) is 0 Å². The van der Waals surface area contributed by atoms with E-state index in [1.807, 2.05) is 0 Å². The van der Waals surface area contributed by atoms with Crippen LogP contribution in [0.5, 0.6) is 0 Å². The lowest BCUT2D eigenvalue weighted by Gasteiger charge is -2.22. The van der Waals surface area contributed by atoms with E-state index in [9.17, 15) is 4.79 Å². The third kappa shape index (κ3) is 1.37. The molecule has 3 atom stereocenters. The molecule has 0 aromatic carbocycles. The van der Waals surface area contributed by atoms with Crippen LogP contribution in [0.1, 0.15) is 33.1 Å². The molecule has 0 spiro atoms. The Kier molecular flexibility index (Phi) is 1.98. The summed E-state index contributed by atoms with van der Waals surface area (Å²) in [6.45, 7) is 8.61. The molecule has 0 aromatic heterocycles. The van der Waals surface area contributed by atoms with Gasteiger partial charge in [-0.1, -0.05) is 26.0 Å². The monoisotopic (exact) mass is 194 g/mol. The van der Waals surface area contributed by atoms with Gasteiger partial charge >= 0.3 is 5.97 Å². The maximum absolute atomic E-state index is 10.7. The smallest absolute Gasteiger partial charge is 0.303 e. The second-order valence-corrected chi connectivity index (χ2v) is 5.43. The van der Waals surface area contributed by atoms with Crippen LogP contribution in [0.2, 0.25) is 0 Å². The van der Waals surface area contributed by atoms with E-state index in [2.05, 4.69) is 20.4 Å². The predicted octanol–water partition coefficient (Wildman–Crippen LogP) is 2.70. The summed E-state index contributed by atoms with van der Waals surface area (Å²) in [7, 11) is 0. The van der Waals surface area contributed by atoms with Crippen LogP contribution in [0, 0.1) is 23.2 Å². The molecule has 0 aromatic rings. The Balaban J connectivity index is 2.03. The number of carbonyl (C=O) groups is 1. The summed E-state index contributed by atoms with van der Waals surface area (Å²) in [5.41, 5.74) is 1.61. The van der Waals surface area contributed by atoms with Crippen molar-refractivity contribution in [3.8, 4) is 0 Å². The maximum atomic E-state index is 10.7. The number of hydrogen-bond acceptors (Lipinski definition) is 1. The van der Waals surface area contributed by atoms with Crippen LogP contribution >= 0.6 is 0 Å². The quantitative estimate of drug-likeness (QED) is 0.686. The van der Waals surface area contributed by atoms with Crippen molar-refractivity contribution in [2.45, 2.75) is 33.1 Å². The molecule has 14 heavy (non-hydrogen) atoms. The van der Waals surface area contributed by atoms with E-state index < -0.39 is 5.97 Å². The van der Waals surface area contributed by atoms with Gasteiger partial charge in [-0.25, -0.2) is 0 Å². The SMILES string of the molecule is C=C1C[C@H]2[C@@H](C[C@H]1CC(=O)O)C2(C)C. The summed E-state index contributed by atoms with van der Waals surface area (Å²) >= 11 is 0. The fraction of sp³-hybridized carbons (Fsp3) is 0.750. The topological polar surface area (TPSA) is 37.3 Å². The average Bonchev–Trinajstić information content (AvgIpc) is 2.54. The van der Waals surface area contributed by atoms with E-state index in [1.165, 1.54) is 5.57 Å². The highest BCUT2D eigenvalue weighted by molar-refractivity contribution is 5.67. The number of aliphatic carboxylic acids is 1. The second kappa shape index (κ2) is 2.85. The predicted molar refractivity (Wildman–Crippen MR) is 54.9 cm³/mol. The minimum absolute atomic E-state index is 0.232. The summed E-state index contributed by atoms with van der Waals surface area (Å²) in [4.78, 5) is 10.7. The number of allylic oxidation sites excluding steroid dienone is 1. The van der Waals surface area contributed by atoms with Crippen molar-refractivity contribution >= 4 is 5.97 Å². The molecule has 0 radical (unpaired) electrons. The third-order valence-corrected chi connectivity index (χ3v) is 4.31. The largest absolute Gasteiger partial charge is 0.481 e. The van der Waals surface area contributed by atoms with Crippen molar-refractivity contribution in [1.82, 2.24) is 0 Å². The molecule has 0 bridgehead atoms. The number of fused-ring (bicyclic) bond motifs is 1. The van der Waals surface area contributed by atoms with Crippen molar-refractivity contribution in [3.05, 3.63) is 12.2 Å². The first-order chi connectivity index (χ1) is 6.43. The Labute approximate surface area is 85.0 Å². The fourth-order valence-corrected chi connectivity index (χ4v) is 3.09. The van der Waals surface area contributed by atoms with Gasteiger partial charge in [0.1, 0.15) is 0 Å². The molecular formula is C12H18O2. The molecule has 2 saturated carbocycles. The molecule has 1 N–H and O–H groups in total. The van der Waals surface area contributed by atoms with Gasteiger partial charge in [0.15, 0.2) is 0 Å². The van der Waals surface area contributed by atoms with Gasteiger partial charge in [-0.15, -0.1) is 0 Å². The van der Waals surface area contributed by atoms with Gasteiger partial charge in [-0.3, -0.25) is 4.79 Å². The molecule has 2 nitrogen and oxygen atoms in total. The number of carboxylic acids is 1. The van der Waals surface area contributed by atoms with E-state index in [-0.39, 0.29) is 12.3 Å². The molecule has 0 aliphatic heterocycles.